The van der Waals surface area contributed by atoms with Crippen LogP contribution in [0.15, 0.2) is 53.6 Å². The molecule has 3 aromatic rings. The molecule has 1 aromatic heterocycles. The molecule has 5 nitrogen and oxygen atoms in total. The fraction of sp³-hybridized carbons (Fsp3) is 0.318. The number of aromatic amines is 1. The van der Waals surface area contributed by atoms with Crippen molar-refractivity contribution in [3.8, 4) is 5.75 Å². The van der Waals surface area contributed by atoms with E-state index in [4.69, 9.17) is 17.0 Å². The molecule has 0 aliphatic carbocycles. The molecule has 0 amide bonds. The van der Waals surface area contributed by atoms with Crippen molar-refractivity contribution in [2.24, 2.45) is 5.10 Å². The average Bonchev–Trinajstić information content (AvgIpc) is 3.05. The van der Waals surface area contributed by atoms with E-state index in [2.05, 4.69) is 60.3 Å². The summed E-state index contributed by atoms with van der Waals surface area (Å²) in [5.41, 5.74) is 3.60. The third-order valence-corrected chi connectivity index (χ3v) is 4.73. The molecule has 0 saturated heterocycles. The van der Waals surface area contributed by atoms with Gasteiger partial charge in [-0.05, 0) is 58.6 Å². The quantitative estimate of drug-likeness (QED) is 0.458. The Balaban J connectivity index is 1.61. The molecule has 6 heteroatoms. The normalized spacial score (nSPS) is 11.9. The first kappa shape index (κ1) is 20.0. The van der Waals surface area contributed by atoms with Gasteiger partial charge in [0.1, 0.15) is 12.4 Å². The summed E-state index contributed by atoms with van der Waals surface area (Å²) in [5.74, 6) is 1.63. The van der Waals surface area contributed by atoms with E-state index in [0.717, 1.165) is 29.1 Å². The van der Waals surface area contributed by atoms with E-state index >= 15 is 0 Å². The summed E-state index contributed by atoms with van der Waals surface area (Å²) in [6.45, 7) is 9.20. The number of benzene rings is 2. The van der Waals surface area contributed by atoms with Gasteiger partial charge in [0.2, 0.25) is 4.77 Å². The highest BCUT2D eigenvalue weighted by atomic mass is 32.1. The second kappa shape index (κ2) is 8.52. The Bertz CT molecular complexity index is 993. The Labute approximate surface area is 171 Å². The molecule has 1 N–H and O–H groups in total. The molecule has 0 radical (unpaired) electrons. The van der Waals surface area contributed by atoms with Crippen LogP contribution in [0.1, 0.15) is 50.2 Å². The lowest BCUT2D eigenvalue weighted by Crippen LogP contribution is -2.10. The fourth-order valence-corrected chi connectivity index (χ4v) is 2.91. The second-order valence-electron chi connectivity index (χ2n) is 7.66. The summed E-state index contributed by atoms with van der Waals surface area (Å²) < 4.78 is 8.03. The number of ether oxygens (including phenoxy) is 1. The van der Waals surface area contributed by atoms with Crippen molar-refractivity contribution in [3.05, 3.63) is 75.8 Å². The minimum Gasteiger partial charge on any atom is -0.489 e. The molecule has 1 heterocycles. The lowest BCUT2D eigenvalue weighted by Gasteiger charge is -2.19. The number of aryl methyl sites for hydroxylation is 1. The molecule has 3 rings (SSSR count). The number of nitrogens with one attached hydrogen (secondary N) is 1. The highest BCUT2D eigenvalue weighted by Crippen LogP contribution is 2.22. The number of hydrogen-bond donors (Lipinski definition) is 1. The average molecular weight is 395 g/mol. The summed E-state index contributed by atoms with van der Waals surface area (Å²) in [6.07, 6.45) is 2.52. The lowest BCUT2D eigenvalue weighted by atomic mass is 9.87. The van der Waals surface area contributed by atoms with Gasteiger partial charge in [0.15, 0.2) is 5.82 Å². The van der Waals surface area contributed by atoms with Gasteiger partial charge in [-0.3, -0.25) is 5.10 Å². The van der Waals surface area contributed by atoms with Crippen LogP contribution in [0.4, 0.5) is 0 Å². The summed E-state index contributed by atoms with van der Waals surface area (Å²) in [4.78, 5) is 0. The van der Waals surface area contributed by atoms with E-state index in [0.29, 0.717) is 11.4 Å². The highest BCUT2D eigenvalue weighted by molar-refractivity contribution is 7.71. The first-order valence-corrected chi connectivity index (χ1v) is 9.80. The van der Waals surface area contributed by atoms with Gasteiger partial charge in [-0.25, -0.2) is 0 Å². The molecule has 0 saturated carbocycles. The monoisotopic (exact) mass is 394 g/mol. The van der Waals surface area contributed by atoms with E-state index in [1.807, 2.05) is 31.2 Å². The van der Waals surface area contributed by atoms with Crippen LogP contribution in [0.5, 0.6) is 5.75 Å². The molecule has 0 unspecified atom stereocenters. The fourth-order valence-electron chi connectivity index (χ4n) is 2.71. The van der Waals surface area contributed by atoms with Gasteiger partial charge in [-0.2, -0.15) is 14.9 Å². The number of aromatic nitrogens is 3. The van der Waals surface area contributed by atoms with Crippen molar-refractivity contribution >= 4 is 18.4 Å². The van der Waals surface area contributed by atoms with E-state index < -0.39 is 0 Å². The van der Waals surface area contributed by atoms with E-state index in [9.17, 15) is 0 Å². The van der Waals surface area contributed by atoms with Crippen LogP contribution in [-0.4, -0.2) is 21.1 Å². The minimum atomic E-state index is 0.162. The van der Waals surface area contributed by atoms with Crippen LogP contribution in [0, 0.1) is 4.77 Å². The zero-order valence-electron chi connectivity index (χ0n) is 16.8. The maximum absolute atomic E-state index is 5.90. The maximum Gasteiger partial charge on any atom is 0.216 e. The number of rotatable bonds is 6. The summed E-state index contributed by atoms with van der Waals surface area (Å²) in [7, 11) is 0. The highest BCUT2D eigenvalue weighted by Gasteiger charge is 2.12. The predicted molar refractivity (Wildman–Crippen MR) is 116 cm³/mol. The van der Waals surface area contributed by atoms with Crippen molar-refractivity contribution in [2.45, 2.75) is 46.1 Å². The zero-order chi connectivity index (χ0) is 20.1. The Kier molecular flexibility index (Phi) is 6.09. The lowest BCUT2D eigenvalue weighted by molar-refractivity contribution is 0.306. The molecule has 0 aliphatic rings. The van der Waals surface area contributed by atoms with Crippen LogP contribution in [0.25, 0.3) is 0 Å². The van der Waals surface area contributed by atoms with Crippen LogP contribution >= 0.6 is 12.2 Å². The third-order valence-electron chi connectivity index (χ3n) is 4.46. The van der Waals surface area contributed by atoms with E-state index in [1.165, 1.54) is 5.56 Å². The Morgan fingerprint density at radius 2 is 1.79 bits per heavy atom. The molecule has 0 atom stereocenters. The minimum absolute atomic E-state index is 0.162. The second-order valence-corrected chi connectivity index (χ2v) is 8.05. The van der Waals surface area contributed by atoms with Crippen LogP contribution < -0.4 is 4.74 Å². The van der Waals surface area contributed by atoms with E-state index in [1.54, 1.807) is 10.9 Å². The van der Waals surface area contributed by atoms with Crippen LogP contribution in [0.3, 0.4) is 0 Å². The van der Waals surface area contributed by atoms with Gasteiger partial charge in [0, 0.05) is 6.42 Å². The maximum atomic E-state index is 5.90. The van der Waals surface area contributed by atoms with Gasteiger partial charge in [0.05, 0.1) is 6.21 Å². The molecule has 28 heavy (non-hydrogen) atoms. The summed E-state index contributed by atoms with van der Waals surface area (Å²) >= 11 is 5.20. The van der Waals surface area contributed by atoms with Gasteiger partial charge in [-0.15, -0.1) is 0 Å². The topological polar surface area (TPSA) is 55.2 Å². The van der Waals surface area contributed by atoms with Gasteiger partial charge in [-0.1, -0.05) is 52.0 Å². The number of hydrogen-bond acceptors (Lipinski definition) is 4. The molecule has 0 bridgehead atoms. The Morgan fingerprint density at radius 3 is 2.39 bits per heavy atom. The van der Waals surface area contributed by atoms with Gasteiger partial charge >= 0.3 is 0 Å². The third kappa shape index (κ3) is 4.95. The van der Waals surface area contributed by atoms with Gasteiger partial charge in [0.25, 0.3) is 0 Å². The van der Waals surface area contributed by atoms with Crippen molar-refractivity contribution < 1.29 is 4.74 Å². The molecular weight excluding hydrogens is 368 g/mol. The Morgan fingerprint density at radius 1 is 1.11 bits per heavy atom. The summed E-state index contributed by atoms with van der Waals surface area (Å²) in [5, 5.41) is 11.3. The molecule has 0 fully saturated rings. The van der Waals surface area contributed by atoms with Crippen LogP contribution in [-0.2, 0) is 18.4 Å². The molecule has 146 valence electrons. The largest absolute Gasteiger partial charge is 0.489 e. The predicted octanol–water partition coefficient (Wildman–Crippen LogP) is 5.26. The zero-order valence-corrected chi connectivity index (χ0v) is 17.6. The van der Waals surface area contributed by atoms with Crippen molar-refractivity contribution in [3.63, 3.8) is 0 Å². The number of nitrogens with zero attached hydrogens (tertiary/aromatic N) is 3. The Hall–Kier alpha value is -2.73. The molecule has 2 aromatic carbocycles. The molecule has 0 aliphatic heterocycles. The molecule has 0 spiro atoms. The van der Waals surface area contributed by atoms with Crippen molar-refractivity contribution in [2.75, 3.05) is 0 Å². The first-order valence-electron chi connectivity index (χ1n) is 9.40. The van der Waals surface area contributed by atoms with Crippen molar-refractivity contribution in [1.29, 1.82) is 0 Å². The molecular formula is C22H26N4OS. The van der Waals surface area contributed by atoms with E-state index in [-0.39, 0.29) is 5.41 Å². The van der Waals surface area contributed by atoms with Crippen molar-refractivity contribution in [1.82, 2.24) is 14.9 Å². The summed E-state index contributed by atoms with van der Waals surface area (Å²) in [6, 6.07) is 16.4. The van der Waals surface area contributed by atoms with Gasteiger partial charge < -0.3 is 4.74 Å². The first-order chi connectivity index (χ1) is 13.4. The smallest absolute Gasteiger partial charge is 0.216 e. The SMILES string of the molecule is CCc1n[nH]c(=S)n1/N=C/c1ccc(OCc2ccc(C(C)(C)C)cc2)cc1. The number of H-pyrrole nitrogens is 1. The van der Waals surface area contributed by atoms with Crippen LogP contribution in [0.2, 0.25) is 0 Å². The standard InChI is InChI=1S/C22H26N4OS/c1-5-20-24-25-21(28)26(20)23-14-16-8-12-19(13-9-16)27-15-17-6-10-18(11-7-17)22(2,3)4/h6-14H,5,15H2,1-4H3,(H,25,28)/b23-14+.